The van der Waals surface area contributed by atoms with Crippen molar-refractivity contribution in [3.8, 4) is 22.3 Å². The molecule has 1 unspecified atom stereocenters. The number of benzene rings is 2. The molecule has 22 heavy (non-hydrogen) atoms. The molecule has 0 saturated heterocycles. The lowest BCUT2D eigenvalue weighted by Gasteiger charge is -2.10. The second-order valence-corrected chi connectivity index (χ2v) is 5.23. The SMILES string of the molecule is ON=CC1c2ccccc2-c2c(-c3cncnc3)cccc21. The first-order chi connectivity index (χ1) is 10.9. The van der Waals surface area contributed by atoms with E-state index in [4.69, 9.17) is 5.21 Å². The molecule has 0 bridgehead atoms. The van der Waals surface area contributed by atoms with Crippen molar-refractivity contribution in [3.63, 3.8) is 0 Å². The van der Waals surface area contributed by atoms with Crippen LogP contribution < -0.4 is 0 Å². The van der Waals surface area contributed by atoms with E-state index in [0.717, 1.165) is 27.8 Å². The molecule has 0 aliphatic heterocycles. The zero-order valence-electron chi connectivity index (χ0n) is 11.7. The first kappa shape index (κ1) is 12.7. The van der Waals surface area contributed by atoms with Gasteiger partial charge in [-0.05, 0) is 27.8 Å². The van der Waals surface area contributed by atoms with Crippen molar-refractivity contribution >= 4 is 6.21 Å². The molecule has 0 fully saturated rings. The van der Waals surface area contributed by atoms with Crippen LogP contribution in [0.1, 0.15) is 17.0 Å². The van der Waals surface area contributed by atoms with Crippen LogP contribution in [-0.2, 0) is 0 Å². The van der Waals surface area contributed by atoms with Gasteiger partial charge >= 0.3 is 0 Å². The van der Waals surface area contributed by atoms with Crippen LogP contribution in [0.15, 0.2) is 66.3 Å². The number of oxime groups is 1. The van der Waals surface area contributed by atoms with Gasteiger partial charge in [-0.25, -0.2) is 9.97 Å². The zero-order chi connectivity index (χ0) is 14.9. The van der Waals surface area contributed by atoms with Crippen LogP contribution in [0.4, 0.5) is 0 Å². The van der Waals surface area contributed by atoms with Crippen LogP contribution in [0.2, 0.25) is 0 Å². The van der Waals surface area contributed by atoms with Crippen LogP contribution in [0, 0.1) is 0 Å². The molecule has 4 heteroatoms. The van der Waals surface area contributed by atoms with Gasteiger partial charge in [0.15, 0.2) is 0 Å². The van der Waals surface area contributed by atoms with Crippen molar-refractivity contribution in [2.45, 2.75) is 5.92 Å². The third-order valence-electron chi connectivity index (χ3n) is 4.08. The Morgan fingerprint density at radius 2 is 1.64 bits per heavy atom. The van der Waals surface area contributed by atoms with Crippen LogP contribution in [0.3, 0.4) is 0 Å². The van der Waals surface area contributed by atoms with E-state index in [-0.39, 0.29) is 5.92 Å². The van der Waals surface area contributed by atoms with Gasteiger partial charge < -0.3 is 5.21 Å². The molecule has 1 N–H and O–H groups in total. The Morgan fingerprint density at radius 3 is 2.45 bits per heavy atom. The Kier molecular flexibility index (Phi) is 2.93. The van der Waals surface area contributed by atoms with Crippen LogP contribution in [-0.4, -0.2) is 21.4 Å². The minimum Gasteiger partial charge on any atom is -0.411 e. The maximum Gasteiger partial charge on any atom is 0.115 e. The second-order valence-electron chi connectivity index (χ2n) is 5.23. The molecule has 4 nitrogen and oxygen atoms in total. The highest BCUT2D eigenvalue weighted by molar-refractivity contribution is 5.96. The molecule has 4 rings (SSSR count). The molecule has 0 amide bonds. The number of hydrogen-bond donors (Lipinski definition) is 1. The highest BCUT2D eigenvalue weighted by Gasteiger charge is 2.29. The standard InChI is InChI=1S/C18H13N3O/c22-21-10-17-14-4-1-2-5-15(14)18-13(6-3-7-16(17)18)12-8-19-11-20-9-12/h1-11,17,22H. The van der Waals surface area contributed by atoms with Crippen molar-refractivity contribution in [2.75, 3.05) is 0 Å². The molecule has 106 valence electrons. The maximum absolute atomic E-state index is 9.01. The van der Waals surface area contributed by atoms with Gasteiger partial charge in [0.2, 0.25) is 0 Å². The lowest BCUT2D eigenvalue weighted by Crippen LogP contribution is -1.97. The number of fused-ring (bicyclic) bond motifs is 3. The molecular formula is C18H13N3O. The quantitative estimate of drug-likeness (QED) is 0.444. The Labute approximate surface area is 127 Å². The largest absolute Gasteiger partial charge is 0.411 e. The minimum absolute atomic E-state index is 0.0271. The van der Waals surface area contributed by atoms with Crippen molar-refractivity contribution in [3.05, 3.63) is 72.3 Å². The molecule has 1 aromatic heterocycles. The molecular weight excluding hydrogens is 274 g/mol. The Morgan fingerprint density at radius 1 is 0.909 bits per heavy atom. The molecule has 0 saturated carbocycles. The summed E-state index contributed by atoms with van der Waals surface area (Å²) in [6.07, 6.45) is 6.75. The van der Waals surface area contributed by atoms with Crippen molar-refractivity contribution in [1.82, 2.24) is 9.97 Å². The Hall–Kier alpha value is -3.01. The van der Waals surface area contributed by atoms with Crippen LogP contribution in [0.5, 0.6) is 0 Å². The summed E-state index contributed by atoms with van der Waals surface area (Å²) in [5.41, 5.74) is 6.70. The predicted octanol–water partition coefficient (Wildman–Crippen LogP) is 3.72. The molecule has 0 spiro atoms. The van der Waals surface area contributed by atoms with E-state index in [0.29, 0.717) is 0 Å². The van der Waals surface area contributed by atoms with Gasteiger partial charge in [0.25, 0.3) is 0 Å². The van der Waals surface area contributed by atoms with E-state index >= 15 is 0 Å². The third kappa shape index (κ3) is 1.81. The summed E-state index contributed by atoms with van der Waals surface area (Å²) in [7, 11) is 0. The molecule has 1 aliphatic carbocycles. The van der Waals surface area contributed by atoms with E-state index in [9.17, 15) is 0 Å². The number of nitrogens with zero attached hydrogens (tertiary/aromatic N) is 3. The van der Waals surface area contributed by atoms with Crippen LogP contribution >= 0.6 is 0 Å². The fourth-order valence-corrected chi connectivity index (χ4v) is 3.20. The smallest absolute Gasteiger partial charge is 0.115 e. The first-order valence-electron chi connectivity index (χ1n) is 7.05. The van der Waals surface area contributed by atoms with Crippen LogP contribution in [0.25, 0.3) is 22.3 Å². The van der Waals surface area contributed by atoms with Gasteiger partial charge in [-0.3, -0.25) is 0 Å². The summed E-state index contributed by atoms with van der Waals surface area (Å²) < 4.78 is 0. The molecule has 3 aromatic rings. The summed E-state index contributed by atoms with van der Waals surface area (Å²) in [5.74, 6) is -0.0271. The van der Waals surface area contributed by atoms with Gasteiger partial charge in [0.1, 0.15) is 6.33 Å². The van der Waals surface area contributed by atoms with Crippen molar-refractivity contribution in [2.24, 2.45) is 5.16 Å². The Balaban J connectivity index is 2.03. The van der Waals surface area contributed by atoms with E-state index in [1.54, 1.807) is 6.21 Å². The summed E-state index contributed by atoms with van der Waals surface area (Å²) in [5, 5.41) is 12.3. The molecule has 1 aliphatic rings. The lowest BCUT2D eigenvalue weighted by atomic mass is 9.94. The molecule has 0 radical (unpaired) electrons. The Bertz CT molecular complexity index is 859. The first-order valence-corrected chi connectivity index (χ1v) is 7.05. The van der Waals surface area contributed by atoms with Crippen molar-refractivity contribution < 1.29 is 5.21 Å². The number of aromatic nitrogens is 2. The van der Waals surface area contributed by atoms with E-state index in [1.165, 1.54) is 11.9 Å². The van der Waals surface area contributed by atoms with Gasteiger partial charge in [-0.15, -0.1) is 5.16 Å². The second kappa shape index (κ2) is 5.07. The summed E-state index contributed by atoms with van der Waals surface area (Å²) >= 11 is 0. The summed E-state index contributed by atoms with van der Waals surface area (Å²) in [6.45, 7) is 0. The lowest BCUT2D eigenvalue weighted by molar-refractivity contribution is 0.320. The monoisotopic (exact) mass is 287 g/mol. The average Bonchev–Trinajstić information content (AvgIpc) is 2.91. The highest BCUT2D eigenvalue weighted by Crippen LogP contribution is 2.47. The molecule has 1 atom stereocenters. The normalized spacial score (nSPS) is 15.7. The van der Waals surface area contributed by atoms with Gasteiger partial charge in [0, 0.05) is 23.9 Å². The molecule has 1 heterocycles. The maximum atomic E-state index is 9.01. The van der Waals surface area contributed by atoms with E-state index in [1.807, 2.05) is 30.6 Å². The topological polar surface area (TPSA) is 58.4 Å². The zero-order valence-corrected chi connectivity index (χ0v) is 11.7. The summed E-state index contributed by atoms with van der Waals surface area (Å²) in [6, 6.07) is 14.4. The van der Waals surface area contributed by atoms with Gasteiger partial charge in [-0.2, -0.15) is 0 Å². The molecule has 2 aromatic carbocycles. The fraction of sp³-hybridized carbons (Fsp3) is 0.0556. The van der Waals surface area contributed by atoms with E-state index < -0.39 is 0 Å². The van der Waals surface area contributed by atoms with E-state index in [2.05, 4.69) is 39.4 Å². The third-order valence-corrected chi connectivity index (χ3v) is 4.08. The van der Waals surface area contributed by atoms with Gasteiger partial charge in [0.05, 0.1) is 6.21 Å². The minimum atomic E-state index is -0.0271. The highest BCUT2D eigenvalue weighted by atomic mass is 16.4. The summed E-state index contributed by atoms with van der Waals surface area (Å²) in [4.78, 5) is 8.24. The number of rotatable bonds is 2. The van der Waals surface area contributed by atoms with Gasteiger partial charge in [-0.1, -0.05) is 42.5 Å². The predicted molar refractivity (Wildman–Crippen MR) is 85.0 cm³/mol. The number of hydrogen-bond acceptors (Lipinski definition) is 4. The average molecular weight is 287 g/mol. The van der Waals surface area contributed by atoms with Crippen molar-refractivity contribution in [1.29, 1.82) is 0 Å². The fourth-order valence-electron chi connectivity index (χ4n) is 3.20.